The second kappa shape index (κ2) is 6.91. The zero-order chi connectivity index (χ0) is 14.5. The molecule has 0 radical (unpaired) electrons. The van der Waals surface area contributed by atoms with Crippen molar-refractivity contribution in [3.05, 3.63) is 21.7 Å². The quantitative estimate of drug-likeness (QED) is 0.866. The number of nitrogens with one attached hydrogen (secondary N) is 1. The van der Waals surface area contributed by atoms with E-state index in [0.29, 0.717) is 23.7 Å². The van der Waals surface area contributed by atoms with Crippen LogP contribution in [0.5, 0.6) is 5.88 Å². The van der Waals surface area contributed by atoms with E-state index >= 15 is 0 Å². The molecule has 0 atom stereocenters. The summed E-state index contributed by atoms with van der Waals surface area (Å²) in [5, 5.41) is 9.94. The average Bonchev–Trinajstić information content (AvgIpc) is 2.44. The molecule has 112 valence electrons. The number of nitrogens with zero attached hydrogens (tertiary/aromatic N) is 1. The summed E-state index contributed by atoms with van der Waals surface area (Å²) < 4.78 is 0. The Labute approximate surface area is 120 Å². The molecule has 1 aromatic heterocycles. The molecule has 1 heterocycles. The van der Waals surface area contributed by atoms with Gasteiger partial charge in [0.2, 0.25) is 5.88 Å². The van der Waals surface area contributed by atoms with Crippen molar-refractivity contribution >= 4 is 0 Å². The van der Waals surface area contributed by atoms with E-state index in [0.717, 1.165) is 25.2 Å². The Morgan fingerprint density at radius 1 is 1.20 bits per heavy atom. The summed E-state index contributed by atoms with van der Waals surface area (Å²) >= 11 is 0. The molecule has 0 amide bonds. The number of hydrogen-bond donors (Lipinski definition) is 2. The number of aromatic hydroxyl groups is 1. The summed E-state index contributed by atoms with van der Waals surface area (Å²) in [4.78, 5) is 19.1. The third-order valence-corrected chi connectivity index (χ3v) is 4.44. The Bertz CT molecular complexity index is 488. The van der Waals surface area contributed by atoms with Gasteiger partial charge in [-0.3, -0.25) is 4.79 Å². The van der Waals surface area contributed by atoms with Crippen LogP contribution in [-0.4, -0.2) is 15.1 Å². The summed E-state index contributed by atoms with van der Waals surface area (Å²) in [5.41, 5.74) is 0.265. The molecule has 4 heteroatoms. The van der Waals surface area contributed by atoms with E-state index in [4.69, 9.17) is 0 Å². The molecule has 1 fully saturated rings. The van der Waals surface area contributed by atoms with Crippen molar-refractivity contribution < 1.29 is 5.11 Å². The highest BCUT2D eigenvalue weighted by molar-refractivity contribution is 5.23. The van der Waals surface area contributed by atoms with Gasteiger partial charge in [-0.2, -0.15) is 4.98 Å². The second-order valence-electron chi connectivity index (χ2n) is 6.01. The van der Waals surface area contributed by atoms with Gasteiger partial charge in [-0.05, 0) is 38.0 Å². The van der Waals surface area contributed by atoms with Crippen LogP contribution in [0.1, 0.15) is 76.1 Å². The standard InChI is InChI=1S/C16H26N2O2/c1-3-5-11-7-9-12(10-8-11)14-17-15(19)13(6-4-2)16(20)18-14/h11-12H,3-10H2,1-2H3,(H2,17,18,19,20). The lowest BCUT2D eigenvalue weighted by Gasteiger charge is -2.27. The average molecular weight is 278 g/mol. The van der Waals surface area contributed by atoms with Gasteiger partial charge in [0, 0.05) is 5.92 Å². The van der Waals surface area contributed by atoms with E-state index in [-0.39, 0.29) is 11.4 Å². The van der Waals surface area contributed by atoms with E-state index in [9.17, 15) is 9.90 Å². The number of rotatable bonds is 5. The van der Waals surface area contributed by atoms with E-state index in [2.05, 4.69) is 16.9 Å². The van der Waals surface area contributed by atoms with Crippen LogP contribution in [-0.2, 0) is 6.42 Å². The molecule has 0 aliphatic heterocycles. The lowest BCUT2D eigenvalue weighted by Crippen LogP contribution is -2.21. The maximum absolute atomic E-state index is 12.0. The molecule has 1 saturated carbocycles. The van der Waals surface area contributed by atoms with Crippen molar-refractivity contribution in [2.24, 2.45) is 5.92 Å². The molecular formula is C16H26N2O2. The highest BCUT2D eigenvalue weighted by atomic mass is 16.3. The summed E-state index contributed by atoms with van der Waals surface area (Å²) in [6.45, 7) is 4.22. The molecule has 1 aromatic rings. The number of aromatic nitrogens is 2. The first-order chi connectivity index (χ1) is 9.65. The van der Waals surface area contributed by atoms with E-state index in [1.54, 1.807) is 0 Å². The lowest BCUT2D eigenvalue weighted by atomic mass is 9.80. The SMILES string of the molecule is CCCc1c(O)nc(C2CCC(CCC)CC2)[nH]c1=O. The minimum atomic E-state index is -0.162. The van der Waals surface area contributed by atoms with Crippen LogP contribution < -0.4 is 5.56 Å². The van der Waals surface area contributed by atoms with Crippen LogP contribution in [0, 0.1) is 5.92 Å². The van der Waals surface area contributed by atoms with Gasteiger partial charge >= 0.3 is 0 Å². The molecule has 0 saturated heterocycles. The second-order valence-corrected chi connectivity index (χ2v) is 6.01. The van der Waals surface area contributed by atoms with Crippen molar-refractivity contribution in [1.29, 1.82) is 0 Å². The third-order valence-electron chi connectivity index (χ3n) is 4.44. The molecule has 0 spiro atoms. The zero-order valence-electron chi connectivity index (χ0n) is 12.6. The molecule has 4 nitrogen and oxygen atoms in total. The molecular weight excluding hydrogens is 252 g/mol. The van der Waals surface area contributed by atoms with E-state index < -0.39 is 0 Å². The van der Waals surface area contributed by atoms with Gasteiger partial charge in [-0.1, -0.05) is 33.1 Å². The maximum atomic E-state index is 12.0. The first-order valence-electron chi connectivity index (χ1n) is 7.97. The molecule has 20 heavy (non-hydrogen) atoms. The van der Waals surface area contributed by atoms with Crippen molar-refractivity contribution in [3.63, 3.8) is 0 Å². The predicted octanol–water partition coefficient (Wildman–Crippen LogP) is 3.50. The molecule has 1 aliphatic rings. The van der Waals surface area contributed by atoms with Gasteiger partial charge in [0.05, 0.1) is 5.56 Å². The fourth-order valence-corrected chi connectivity index (χ4v) is 3.30. The van der Waals surface area contributed by atoms with Gasteiger partial charge < -0.3 is 10.1 Å². The minimum Gasteiger partial charge on any atom is -0.493 e. The first kappa shape index (κ1) is 15.1. The van der Waals surface area contributed by atoms with Gasteiger partial charge in [-0.15, -0.1) is 0 Å². The van der Waals surface area contributed by atoms with Crippen molar-refractivity contribution in [3.8, 4) is 5.88 Å². The molecule has 2 rings (SSSR count). The monoisotopic (exact) mass is 278 g/mol. The predicted molar refractivity (Wildman–Crippen MR) is 80.1 cm³/mol. The number of H-pyrrole nitrogens is 1. The molecule has 0 unspecified atom stereocenters. The largest absolute Gasteiger partial charge is 0.493 e. The van der Waals surface area contributed by atoms with Crippen LogP contribution in [0.15, 0.2) is 4.79 Å². The Kier molecular flexibility index (Phi) is 5.21. The Morgan fingerprint density at radius 2 is 1.90 bits per heavy atom. The molecule has 0 bridgehead atoms. The van der Waals surface area contributed by atoms with Gasteiger partial charge in [0.15, 0.2) is 0 Å². The molecule has 0 aromatic carbocycles. The number of hydrogen-bond acceptors (Lipinski definition) is 3. The van der Waals surface area contributed by atoms with Crippen LogP contribution in [0.3, 0.4) is 0 Å². The molecule has 1 aliphatic carbocycles. The third kappa shape index (κ3) is 3.41. The maximum Gasteiger partial charge on any atom is 0.257 e. The topological polar surface area (TPSA) is 66.0 Å². The smallest absolute Gasteiger partial charge is 0.257 e. The zero-order valence-corrected chi connectivity index (χ0v) is 12.6. The normalized spacial score (nSPS) is 22.9. The van der Waals surface area contributed by atoms with E-state index in [1.807, 2.05) is 6.92 Å². The Morgan fingerprint density at radius 3 is 2.45 bits per heavy atom. The fourth-order valence-electron chi connectivity index (χ4n) is 3.30. The van der Waals surface area contributed by atoms with Gasteiger partial charge in [-0.25, -0.2) is 0 Å². The Balaban J connectivity index is 2.09. The van der Waals surface area contributed by atoms with Crippen molar-refractivity contribution in [2.45, 2.75) is 71.1 Å². The van der Waals surface area contributed by atoms with Crippen molar-refractivity contribution in [2.75, 3.05) is 0 Å². The summed E-state index contributed by atoms with van der Waals surface area (Å²) in [5.74, 6) is 1.75. The van der Waals surface area contributed by atoms with Crippen LogP contribution >= 0.6 is 0 Å². The summed E-state index contributed by atoms with van der Waals surface area (Å²) in [6.07, 6.45) is 8.52. The van der Waals surface area contributed by atoms with Crippen molar-refractivity contribution in [1.82, 2.24) is 9.97 Å². The van der Waals surface area contributed by atoms with Crippen LogP contribution in [0.25, 0.3) is 0 Å². The number of aromatic amines is 1. The highest BCUT2D eigenvalue weighted by Crippen LogP contribution is 2.36. The van der Waals surface area contributed by atoms with Crippen LogP contribution in [0.2, 0.25) is 0 Å². The fraction of sp³-hybridized carbons (Fsp3) is 0.750. The minimum absolute atomic E-state index is 0.0683. The first-order valence-corrected chi connectivity index (χ1v) is 7.97. The summed E-state index contributed by atoms with van der Waals surface area (Å²) in [6, 6.07) is 0. The van der Waals surface area contributed by atoms with Crippen LogP contribution in [0.4, 0.5) is 0 Å². The lowest BCUT2D eigenvalue weighted by molar-refractivity contribution is 0.300. The summed E-state index contributed by atoms with van der Waals surface area (Å²) in [7, 11) is 0. The molecule has 2 N–H and O–H groups in total. The Hall–Kier alpha value is -1.32. The van der Waals surface area contributed by atoms with Gasteiger partial charge in [0.1, 0.15) is 5.82 Å². The highest BCUT2D eigenvalue weighted by Gasteiger charge is 2.24. The van der Waals surface area contributed by atoms with Gasteiger partial charge in [0.25, 0.3) is 5.56 Å². The van der Waals surface area contributed by atoms with E-state index in [1.165, 1.54) is 25.7 Å².